The second-order valence-corrected chi connectivity index (χ2v) is 4.55. The first kappa shape index (κ1) is 13.5. The lowest BCUT2D eigenvalue weighted by Crippen LogP contribution is -2.23. The maximum Gasteiger partial charge on any atom is 0.127 e. The van der Waals surface area contributed by atoms with Gasteiger partial charge in [-0.25, -0.2) is 4.39 Å². The Morgan fingerprint density at radius 1 is 1.31 bits per heavy atom. The number of hydrogen-bond donors (Lipinski definition) is 1. The molecule has 0 aliphatic heterocycles. The highest BCUT2D eigenvalue weighted by Gasteiger charge is 2.39. The maximum absolute atomic E-state index is 13.3. The Kier molecular flexibility index (Phi) is 4.75. The van der Waals surface area contributed by atoms with Crippen LogP contribution < -0.4 is 5.32 Å². The van der Waals surface area contributed by atoms with E-state index in [4.69, 9.17) is 0 Å². The van der Waals surface area contributed by atoms with Crippen LogP contribution in [-0.2, 0) is 6.54 Å². The van der Waals surface area contributed by atoms with Crippen molar-refractivity contribution in [1.29, 1.82) is 0 Å². The minimum Gasteiger partial charge on any atom is -0.312 e. The molecule has 0 atom stereocenters. The van der Waals surface area contributed by atoms with Crippen molar-refractivity contribution in [1.82, 2.24) is 5.32 Å². The molecule has 3 heteroatoms. The van der Waals surface area contributed by atoms with Gasteiger partial charge in [-0.1, -0.05) is 25.1 Å². The fourth-order valence-corrected chi connectivity index (χ4v) is 1.94. The van der Waals surface area contributed by atoms with Crippen LogP contribution in [0, 0.1) is 11.2 Å². The van der Waals surface area contributed by atoms with Crippen LogP contribution in [0.5, 0.6) is 0 Å². The molecule has 1 saturated carbocycles. The van der Waals surface area contributed by atoms with Crippen LogP contribution in [0.15, 0.2) is 24.3 Å². The summed E-state index contributed by atoms with van der Waals surface area (Å²) in [5.74, 6) is -0.105. The van der Waals surface area contributed by atoms with E-state index in [0.717, 1.165) is 12.1 Å². The summed E-state index contributed by atoms with van der Waals surface area (Å²) in [6, 6.07) is 6.97. The van der Waals surface area contributed by atoms with Crippen molar-refractivity contribution in [3.8, 4) is 0 Å². The third-order valence-corrected chi connectivity index (χ3v) is 3.48. The molecule has 1 fully saturated rings. The van der Waals surface area contributed by atoms with E-state index in [1.165, 1.54) is 25.3 Å². The van der Waals surface area contributed by atoms with E-state index in [-0.39, 0.29) is 18.2 Å². The molecule has 0 unspecified atom stereocenters. The first-order valence-corrected chi connectivity index (χ1v) is 5.70. The molecule has 0 saturated heterocycles. The molecule has 1 aromatic rings. The first-order valence-electron chi connectivity index (χ1n) is 5.70. The van der Waals surface area contributed by atoms with Crippen molar-refractivity contribution < 1.29 is 4.39 Å². The molecule has 1 N–H and O–H groups in total. The molecule has 0 bridgehead atoms. The normalized spacial score (nSPS) is 16.6. The first-order chi connectivity index (χ1) is 7.26. The van der Waals surface area contributed by atoms with E-state index in [0.29, 0.717) is 12.0 Å². The number of nitrogens with one attached hydrogen (secondary N) is 1. The molecule has 1 aliphatic carbocycles. The summed E-state index contributed by atoms with van der Waals surface area (Å²) in [6.07, 6.45) is 3.89. The number of rotatable bonds is 5. The summed E-state index contributed by atoms with van der Waals surface area (Å²) in [7, 11) is 0. The SMILES string of the molecule is CCC1(CNCc2ccccc2F)CC1.Cl. The van der Waals surface area contributed by atoms with E-state index in [9.17, 15) is 4.39 Å². The van der Waals surface area contributed by atoms with Crippen molar-refractivity contribution in [3.63, 3.8) is 0 Å². The van der Waals surface area contributed by atoms with Crippen molar-refractivity contribution in [2.45, 2.75) is 32.7 Å². The highest BCUT2D eigenvalue weighted by Crippen LogP contribution is 2.47. The molecule has 0 heterocycles. The molecule has 1 aliphatic rings. The van der Waals surface area contributed by atoms with Crippen LogP contribution in [0.4, 0.5) is 4.39 Å². The van der Waals surface area contributed by atoms with Gasteiger partial charge in [0, 0.05) is 18.7 Å². The summed E-state index contributed by atoms with van der Waals surface area (Å²) in [6.45, 7) is 3.91. The van der Waals surface area contributed by atoms with Gasteiger partial charge in [-0.05, 0) is 30.7 Å². The quantitative estimate of drug-likeness (QED) is 0.834. The lowest BCUT2D eigenvalue weighted by Gasteiger charge is -2.13. The van der Waals surface area contributed by atoms with Gasteiger partial charge in [-0.3, -0.25) is 0 Å². The highest BCUT2D eigenvalue weighted by atomic mass is 35.5. The number of benzene rings is 1. The van der Waals surface area contributed by atoms with Gasteiger partial charge in [0.2, 0.25) is 0 Å². The van der Waals surface area contributed by atoms with Crippen LogP contribution in [0.2, 0.25) is 0 Å². The van der Waals surface area contributed by atoms with Crippen molar-refractivity contribution in [2.24, 2.45) is 5.41 Å². The molecule has 16 heavy (non-hydrogen) atoms. The minimum atomic E-state index is -0.105. The molecule has 1 nitrogen and oxygen atoms in total. The zero-order chi connectivity index (χ0) is 10.7. The number of halogens is 2. The number of hydrogen-bond acceptors (Lipinski definition) is 1. The summed E-state index contributed by atoms with van der Waals surface area (Å²) in [5.41, 5.74) is 1.30. The van der Waals surface area contributed by atoms with Gasteiger partial charge in [0.15, 0.2) is 0 Å². The Bertz CT molecular complexity index is 336. The van der Waals surface area contributed by atoms with E-state index in [2.05, 4.69) is 12.2 Å². The Balaban J connectivity index is 0.00000128. The Morgan fingerprint density at radius 3 is 2.56 bits per heavy atom. The van der Waals surface area contributed by atoms with Gasteiger partial charge in [0.25, 0.3) is 0 Å². The molecule has 0 radical (unpaired) electrons. The third kappa shape index (κ3) is 3.19. The lowest BCUT2D eigenvalue weighted by molar-refractivity contribution is 0.440. The molecular weight excluding hydrogens is 225 g/mol. The predicted molar refractivity (Wildman–Crippen MR) is 67.3 cm³/mol. The fraction of sp³-hybridized carbons (Fsp3) is 0.538. The molecule has 0 spiro atoms. The third-order valence-electron chi connectivity index (χ3n) is 3.48. The minimum absolute atomic E-state index is 0. The van der Waals surface area contributed by atoms with Crippen molar-refractivity contribution >= 4 is 12.4 Å². The van der Waals surface area contributed by atoms with Crippen molar-refractivity contribution in [2.75, 3.05) is 6.54 Å². The summed E-state index contributed by atoms with van der Waals surface area (Å²) < 4.78 is 13.3. The average Bonchev–Trinajstić information content (AvgIpc) is 3.02. The summed E-state index contributed by atoms with van der Waals surface area (Å²) in [5, 5.41) is 3.36. The van der Waals surface area contributed by atoms with Crippen LogP contribution in [-0.4, -0.2) is 6.54 Å². The van der Waals surface area contributed by atoms with Gasteiger partial charge in [-0.2, -0.15) is 0 Å². The smallest absolute Gasteiger partial charge is 0.127 e. The van der Waals surface area contributed by atoms with E-state index >= 15 is 0 Å². The highest BCUT2D eigenvalue weighted by molar-refractivity contribution is 5.85. The summed E-state index contributed by atoms with van der Waals surface area (Å²) >= 11 is 0. The van der Waals surface area contributed by atoms with E-state index in [1.54, 1.807) is 6.07 Å². The average molecular weight is 244 g/mol. The zero-order valence-corrected chi connectivity index (χ0v) is 10.4. The van der Waals surface area contributed by atoms with Crippen LogP contribution >= 0.6 is 12.4 Å². The zero-order valence-electron chi connectivity index (χ0n) is 9.63. The van der Waals surface area contributed by atoms with Crippen LogP contribution in [0.25, 0.3) is 0 Å². The molecule has 0 amide bonds. The van der Waals surface area contributed by atoms with Crippen LogP contribution in [0.3, 0.4) is 0 Å². The summed E-state index contributed by atoms with van der Waals surface area (Å²) in [4.78, 5) is 0. The molecule has 1 aromatic carbocycles. The van der Waals surface area contributed by atoms with E-state index < -0.39 is 0 Å². The van der Waals surface area contributed by atoms with Crippen molar-refractivity contribution in [3.05, 3.63) is 35.6 Å². The van der Waals surface area contributed by atoms with Gasteiger partial charge < -0.3 is 5.32 Å². The monoisotopic (exact) mass is 243 g/mol. The Hall–Kier alpha value is -0.600. The lowest BCUT2D eigenvalue weighted by atomic mass is 10.0. The fourth-order valence-electron chi connectivity index (χ4n) is 1.94. The van der Waals surface area contributed by atoms with Gasteiger partial charge in [-0.15, -0.1) is 12.4 Å². The molecule has 90 valence electrons. The Labute approximate surface area is 103 Å². The van der Waals surface area contributed by atoms with E-state index in [1.807, 2.05) is 12.1 Å². The molecular formula is C13H19ClFN. The standard InChI is InChI=1S/C13H18FN.ClH/c1-2-13(7-8-13)10-15-9-11-5-3-4-6-12(11)14;/h3-6,15H,2,7-10H2,1H3;1H. The predicted octanol–water partition coefficient (Wildman–Crippen LogP) is 3.53. The second kappa shape index (κ2) is 5.65. The Morgan fingerprint density at radius 2 is 2.00 bits per heavy atom. The van der Waals surface area contributed by atoms with Gasteiger partial charge in [0.05, 0.1) is 0 Å². The van der Waals surface area contributed by atoms with Gasteiger partial charge in [0.1, 0.15) is 5.82 Å². The maximum atomic E-state index is 13.3. The second-order valence-electron chi connectivity index (χ2n) is 4.55. The molecule has 2 rings (SSSR count). The van der Waals surface area contributed by atoms with Gasteiger partial charge >= 0.3 is 0 Å². The molecule has 0 aromatic heterocycles. The van der Waals surface area contributed by atoms with Crippen LogP contribution in [0.1, 0.15) is 31.7 Å². The largest absolute Gasteiger partial charge is 0.312 e. The topological polar surface area (TPSA) is 12.0 Å².